The van der Waals surface area contributed by atoms with Gasteiger partial charge in [0.2, 0.25) is 5.95 Å². The van der Waals surface area contributed by atoms with Gasteiger partial charge in [0.25, 0.3) is 0 Å². The van der Waals surface area contributed by atoms with Crippen LogP contribution in [-0.4, -0.2) is 45.9 Å². The van der Waals surface area contributed by atoms with Crippen LogP contribution in [0.1, 0.15) is 62.5 Å². The lowest BCUT2D eigenvalue weighted by molar-refractivity contribution is 0.204. The summed E-state index contributed by atoms with van der Waals surface area (Å²) in [6.07, 6.45) is 14.2. The van der Waals surface area contributed by atoms with E-state index in [4.69, 9.17) is 0 Å². The molecular weight excluding hydrogens is 399 g/mol. The molecule has 0 spiro atoms. The normalized spacial score (nSPS) is 15.6. The lowest BCUT2D eigenvalue weighted by Crippen LogP contribution is -2.32. The molecule has 0 unspecified atom stereocenters. The van der Waals surface area contributed by atoms with Crippen molar-refractivity contribution >= 4 is 10.9 Å². The molecule has 1 aliphatic carbocycles. The smallest absolute Gasteiger partial charge is 0.217 e. The van der Waals surface area contributed by atoms with Crippen LogP contribution < -0.4 is 0 Å². The number of hydrogen-bond donors (Lipinski definition) is 1. The van der Waals surface area contributed by atoms with Gasteiger partial charge in [-0.2, -0.15) is 4.39 Å². The second-order valence-corrected chi connectivity index (χ2v) is 9.36. The van der Waals surface area contributed by atoms with Gasteiger partial charge in [-0.1, -0.05) is 49.9 Å². The quantitative estimate of drug-likeness (QED) is 0.236. The van der Waals surface area contributed by atoms with Crippen molar-refractivity contribution in [3.8, 4) is 0 Å². The van der Waals surface area contributed by atoms with Crippen LogP contribution >= 0.6 is 0 Å². The maximum absolute atomic E-state index is 14.3. The van der Waals surface area contributed by atoms with E-state index < -0.39 is 0 Å². The molecule has 5 heteroatoms. The highest BCUT2D eigenvalue weighted by molar-refractivity contribution is 5.82. The molecule has 0 amide bonds. The van der Waals surface area contributed by atoms with E-state index in [1.54, 1.807) is 0 Å². The molecule has 1 saturated carbocycles. The van der Waals surface area contributed by atoms with Gasteiger partial charge in [-0.3, -0.25) is 4.90 Å². The zero-order valence-electron chi connectivity index (χ0n) is 19.4. The molecule has 172 valence electrons. The summed E-state index contributed by atoms with van der Waals surface area (Å²) in [6, 6.07) is 12.8. The molecule has 0 atom stereocenters. The summed E-state index contributed by atoms with van der Waals surface area (Å²) in [5.74, 6) is -0.357. The number of para-hydroxylation sites is 1. The van der Waals surface area contributed by atoms with Gasteiger partial charge in [0, 0.05) is 48.0 Å². The first kappa shape index (κ1) is 22.9. The summed E-state index contributed by atoms with van der Waals surface area (Å²) in [7, 11) is 2.30. The Bertz CT molecular complexity index is 961. The maximum atomic E-state index is 14.3. The average Bonchev–Trinajstić information content (AvgIpc) is 3.02. The van der Waals surface area contributed by atoms with E-state index in [0.29, 0.717) is 12.1 Å². The fraction of sp³-hybridized carbons (Fsp3) is 0.519. The van der Waals surface area contributed by atoms with Gasteiger partial charge in [-0.25, -0.2) is 4.98 Å². The molecule has 3 aromatic rings. The monoisotopic (exact) mass is 436 g/mol. The highest BCUT2D eigenvalue weighted by Gasteiger charge is 2.17. The number of halogens is 1. The van der Waals surface area contributed by atoms with Crippen molar-refractivity contribution in [2.75, 3.05) is 20.1 Å². The van der Waals surface area contributed by atoms with Crippen LogP contribution in [0.25, 0.3) is 10.9 Å². The first-order chi connectivity index (χ1) is 15.7. The number of aromatic nitrogens is 2. The van der Waals surface area contributed by atoms with E-state index in [2.05, 4.69) is 57.3 Å². The predicted molar refractivity (Wildman–Crippen MR) is 130 cm³/mol. The van der Waals surface area contributed by atoms with Gasteiger partial charge < -0.3 is 9.88 Å². The zero-order chi connectivity index (χ0) is 22.2. The summed E-state index contributed by atoms with van der Waals surface area (Å²) in [5, 5.41) is 1.25. The largest absolute Gasteiger partial charge is 0.361 e. The maximum Gasteiger partial charge on any atom is 0.217 e. The van der Waals surface area contributed by atoms with Crippen molar-refractivity contribution in [2.45, 2.75) is 70.5 Å². The third-order valence-corrected chi connectivity index (χ3v) is 6.98. The molecule has 4 rings (SSSR count). The number of nitrogens with zero attached hydrogens (tertiary/aromatic N) is 3. The van der Waals surface area contributed by atoms with Crippen LogP contribution in [0.4, 0.5) is 4.39 Å². The number of benzene rings is 1. The standard InChI is InChI=1S/C27H37FN4/c1-31(24-12-4-2-3-5-13-24)17-8-9-18-32(20-22-11-10-16-29-27(22)28)21-23-19-30-26-15-7-6-14-25(23)26/h6-7,10-11,14-16,19,24,30H,2-5,8-9,12-13,17-18,20-21H2,1H3. The van der Waals surface area contributed by atoms with Gasteiger partial charge in [-0.05, 0) is 63.5 Å². The van der Waals surface area contributed by atoms with Gasteiger partial charge in [0.15, 0.2) is 0 Å². The molecule has 4 nitrogen and oxygen atoms in total. The summed E-state index contributed by atoms with van der Waals surface area (Å²) < 4.78 is 14.3. The van der Waals surface area contributed by atoms with E-state index in [1.165, 1.54) is 62.1 Å². The Balaban J connectivity index is 1.36. The summed E-state index contributed by atoms with van der Waals surface area (Å²) in [4.78, 5) is 12.2. The minimum absolute atomic E-state index is 0.357. The molecule has 0 bridgehead atoms. The van der Waals surface area contributed by atoms with E-state index in [-0.39, 0.29) is 5.95 Å². The highest BCUT2D eigenvalue weighted by Crippen LogP contribution is 2.23. The van der Waals surface area contributed by atoms with Crippen molar-refractivity contribution < 1.29 is 4.39 Å². The Morgan fingerprint density at radius 2 is 1.69 bits per heavy atom. The molecule has 0 radical (unpaired) electrons. The summed E-state index contributed by atoms with van der Waals surface area (Å²) >= 11 is 0. The molecule has 1 fully saturated rings. The van der Waals surface area contributed by atoms with Crippen LogP contribution in [0.15, 0.2) is 48.8 Å². The fourth-order valence-corrected chi connectivity index (χ4v) is 5.07. The van der Waals surface area contributed by atoms with Crippen LogP contribution in [0.2, 0.25) is 0 Å². The number of H-pyrrole nitrogens is 1. The molecule has 0 saturated heterocycles. The van der Waals surface area contributed by atoms with Crippen LogP contribution in [0.5, 0.6) is 0 Å². The van der Waals surface area contributed by atoms with E-state index in [9.17, 15) is 4.39 Å². The third-order valence-electron chi connectivity index (χ3n) is 6.98. The molecule has 32 heavy (non-hydrogen) atoms. The fourth-order valence-electron chi connectivity index (χ4n) is 5.07. The first-order valence-electron chi connectivity index (χ1n) is 12.3. The molecule has 2 heterocycles. The van der Waals surface area contributed by atoms with Crippen molar-refractivity contribution in [2.24, 2.45) is 0 Å². The Labute approximate surface area is 191 Å². The van der Waals surface area contributed by atoms with Gasteiger partial charge in [-0.15, -0.1) is 0 Å². The molecule has 1 aliphatic rings. The summed E-state index contributed by atoms with van der Waals surface area (Å²) in [5.41, 5.74) is 3.09. The Hall–Kier alpha value is -2.24. The number of pyridine rings is 1. The van der Waals surface area contributed by atoms with E-state index in [0.717, 1.165) is 37.6 Å². The minimum atomic E-state index is -0.357. The zero-order valence-corrected chi connectivity index (χ0v) is 19.4. The molecule has 1 N–H and O–H groups in total. The Kier molecular flexibility index (Phi) is 8.30. The molecular formula is C27H37FN4. The molecule has 2 aromatic heterocycles. The Morgan fingerprint density at radius 3 is 2.50 bits per heavy atom. The van der Waals surface area contributed by atoms with E-state index in [1.807, 2.05) is 12.1 Å². The third kappa shape index (κ3) is 6.17. The van der Waals surface area contributed by atoms with Gasteiger partial charge >= 0.3 is 0 Å². The average molecular weight is 437 g/mol. The van der Waals surface area contributed by atoms with Gasteiger partial charge in [0.1, 0.15) is 0 Å². The lowest BCUT2D eigenvalue weighted by atomic mass is 10.1. The SMILES string of the molecule is CN(CCCCN(Cc1cccnc1F)Cc1c[nH]c2ccccc12)C1CCCCCC1. The first-order valence-corrected chi connectivity index (χ1v) is 12.3. The van der Waals surface area contributed by atoms with Crippen molar-refractivity contribution in [1.29, 1.82) is 0 Å². The predicted octanol–water partition coefficient (Wildman–Crippen LogP) is 6.14. The van der Waals surface area contributed by atoms with Crippen molar-refractivity contribution in [3.05, 3.63) is 65.9 Å². The Morgan fingerprint density at radius 1 is 0.938 bits per heavy atom. The van der Waals surface area contributed by atoms with E-state index >= 15 is 0 Å². The van der Waals surface area contributed by atoms with Crippen LogP contribution in [0.3, 0.4) is 0 Å². The highest BCUT2D eigenvalue weighted by atomic mass is 19.1. The van der Waals surface area contributed by atoms with Crippen LogP contribution in [-0.2, 0) is 13.1 Å². The second-order valence-electron chi connectivity index (χ2n) is 9.36. The van der Waals surface area contributed by atoms with Crippen molar-refractivity contribution in [1.82, 2.24) is 19.8 Å². The number of rotatable bonds is 10. The second kappa shape index (κ2) is 11.6. The van der Waals surface area contributed by atoms with Crippen LogP contribution in [0, 0.1) is 5.95 Å². The number of unbranched alkanes of at least 4 members (excludes halogenated alkanes) is 1. The topological polar surface area (TPSA) is 35.2 Å². The number of fused-ring (bicyclic) bond motifs is 1. The number of nitrogens with one attached hydrogen (secondary N) is 1. The van der Waals surface area contributed by atoms with Gasteiger partial charge in [0.05, 0.1) is 0 Å². The minimum Gasteiger partial charge on any atom is -0.361 e. The lowest BCUT2D eigenvalue weighted by Gasteiger charge is -2.28. The molecule has 1 aromatic carbocycles. The molecule has 0 aliphatic heterocycles. The number of aromatic amines is 1. The van der Waals surface area contributed by atoms with Crippen molar-refractivity contribution in [3.63, 3.8) is 0 Å². The summed E-state index contributed by atoms with van der Waals surface area (Å²) in [6.45, 7) is 3.48. The number of hydrogen-bond acceptors (Lipinski definition) is 3.